The minimum absolute atomic E-state index is 0.105. The first-order valence-electron chi connectivity index (χ1n) is 5.57. The molecule has 1 heterocycles. The van der Waals surface area contributed by atoms with Gasteiger partial charge >= 0.3 is 0 Å². The molecule has 0 aliphatic carbocycles. The van der Waals surface area contributed by atoms with Crippen LogP contribution in [0.3, 0.4) is 0 Å². The largest absolute Gasteiger partial charge is 0.497 e. The Hall–Kier alpha value is -1.62. The highest BCUT2D eigenvalue weighted by Crippen LogP contribution is 2.15. The third-order valence-electron chi connectivity index (χ3n) is 2.67. The van der Waals surface area contributed by atoms with E-state index >= 15 is 0 Å². The van der Waals surface area contributed by atoms with E-state index in [0.717, 1.165) is 23.6 Å². The fourth-order valence-corrected chi connectivity index (χ4v) is 2.21. The zero-order chi connectivity index (χ0) is 13.1. The second-order valence-corrected chi connectivity index (χ2v) is 4.52. The van der Waals surface area contributed by atoms with Crippen LogP contribution in [0.4, 0.5) is 0 Å². The number of rotatable bonds is 3. The molecule has 2 aromatic rings. The molecule has 4 nitrogen and oxygen atoms in total. The highest BCUT2D eigenvalue weighted by Gasteiger charge is 2.08. The van der Waals surface area contributed by atoms with Crippen LogP contribution in [0.5, 0.6) is 5.75 Å². The van der Waals surface area contributed by atoms with E-state index in [1.54, 1.807) is 13.4 Å². The predicted molar refractivity (Wildman–Crippen MR) is 73.5 cm³/mol. The van der Waals surface area contributed by atoms with E-state index < -0.39 is 0 Å². The Morgan fingerprint density at radius 3 is 2.56 bits per heavy atom. The zero-order valence-corrected chi connectivity index (χ0v) is 11.8. The lowest BCUT2D eigenvalue weighted by molar-refractivity contribution is 0.414. The molecule has 0 fully saturated rings. The average Bonchev–Trinajstić information content (AvgIpc) is 2.42. The molecule has 1 aromatic heterocycles. The molecule has 2 rings (SSSR count). The van der Waals surface area contributed by atoms with Crippen molar-refractivity contribution in [2.24, 2.45) is 0 Å². The summed E-state index contributed by atoms with van der Waals surface area (Å²) in [6, 6.07) is 7.26. The molecule has 0 spiro atoms. The number of methoxy groups -OCH3 is 1. The van der Waals surface area contributed by atoms with E-state index in [4.69, 9.17) is 4.74 Å². The Morgan fingerprint density at radius 1 is 1.33 bits per heavy atom. The van der Waals surface area contributed by atoms with Crippen LogP contribution < -0.4 is 10.3 Å². The highest BCUT2D eigenvalue weighted by atomic mass is 79.9. The number of nitrogens with zero attached hydrogens (tertiary/aromatic N) is 2. The van der Waals surface area contributed by atoms with Crippen LogP contribution in [0, 0.1) is 0 Å². The summed E-state index contributed by atoms with van der Waals surface area (Å²) in [4.78, 5) is 16.4. The molecule has 1 aromatic carbocycles. The minimum Gasteiger partial charge on any atom is -0.497 e. The fourth-order valence-electron chi connectivity index (χ4n) is 1.64. The molecule has 0 aliphatic rings. The van der Waals surface area contributed by atoms with E-state index in [-0.39, 0.29) is 5.56 Å². The number of aromatic nitrogens is 2. The smallest absolute Gasteiger partial charge is 0.272 e. The normalized spacial score (nSPS) is 10.4. The van der Waals surface area contributed by atoms with Crippen molar-refractivity contribution in [1.29, 1.82) is 0 Å². The summed E-state index contributed by atoms with van der Waals surface area (Å²) in [7, 11) is 1.61. The fraction of sp³-hybridized carbons (Fsp3) is 0.231. The maximum absolute atomic E-state index is 12.1. The number of benzene rings is 1. The second kappa shape index (κ2) is 5.35. The van der Waals surface area contributed by atoms with Crippen molar-refractivity contribution in [3.63, 3.8) is 0 Å². The Morgan fingerprint density at radius 2 is 2.00 bits per heavy atom. The lowest BCUT2D eigenvalue weighted by atomic mass is 10.3. The van der Waals surface area contributed by atoms with Gasteiger partial charge in [-0.3, -0.25) is 9.36 Å². The summed E-state index contributed by atoms with van der Waals surface area (Å²) in [5.41, 5.74) is 1.42. The van der Waals surface area contributed by atoms with Gasteiger partial charge in [0, 0.05) is 0 Å². The molecular formula is C13H13BrN2O2. The molecule has 0 saturated carbocycles. The van der Waals surface area contributed by atoms with Gasteiger partial charge in [-0.15, -0.1) is 0 Å². The van der Waals surface area contributed by atoms with Crippen LogP contribution >= 0.6 is 15.9 Å². The Labute approximate surface area is 113 Å². The van der Waals surface area contributed by atoms with Crippen LogP contribution in [0.1, 0.15) is 12.6 Å². The van der Waals surface area contributed by atoms with Gasteiger partial charge in [-0.05, 0) is 46.6 Å². The van der Waals surface area contributed by atoms with Gasteiger partial charge < -0.3 is 4.74 Å². The van der Waals surface area contributed by atoms with E-state index in [2.05, 4.69) is 20.9 Å². The van der Waals surface area contributed by atoms with Crippen LogP contribution in [0.2, 0.25) is 0 Å². The molecule has 0 radical (unpaired) electrons. The third-order valence-corrected chi connectivity index (χ3v) is 3.47. The molecule has 0 unspecified atom stereocenters. The summed E-state index contributed by atoms with van der Waals surface area (Å²) in [6.45, 7) is 1.96. The summed E-state index contributed by atoms with van der Waals surface area (Å²) in [6.07, 6.45) is 2.27. The van der Waals surface area contributed by atoms with E-state index in [1.165, 1.54) is 4.57 Å². The number of halogens is 1. The van der Waals surface area contributed by atoms with Crippen LogP contribution in [-0.4, -0.2) is 16.7 Å². The molecule has 18 heavy (non-hydrogen) atoms. The van der Waals surface area contributed by atoms with Gasteiger partial charge in [0.2, 0.25) is 0 Å². The molecule has 5 heteroatoms. The first kappa shape index (κ1) is 12.8. The van der Waals surface area contributed by atoms with Crippen molar-refractivity contribution in [3.05, 3.63) is 51.1 Å². The second-order valence-electron chi connectivity index (χ2n) is 3.73. The van der Waals surface area contributed by atoms with Crippen LogP contribution in [0.15, 0.2) is 39.9 Å². The molecule has 0 bridgehead atoms. The van der Waals surface area contributed by atoms with Gasteiger partial charge in [-0.1, -0.05) is 6.92 Å². The first-order chi connectivity index (χ1) is 8.67. The van der Waals surface area contributed by atoms with Crippen LogP contribution in [0.25, 0.3) is 5.69 Å². The predicted octanol–water partition coefficient (Wildman–Crippen LogP) is 2.57. The average molecular weight is 309 g/mol. The van der Waals surface area contributed by atoms with E-state index in [9.17, 15) is 4.79 Å². The Kier molecular flexibility index (Phi) is 3.81. The van der Waals surface area contributed by atoms with E-state index in [0.29, 0.717) is 4.47 Å². The van der Waals surface area contributed by atoms with Gasteiger partial charge in [-0.2, -0.15) is 0 Å². The monoisotopic (exact) mass is 308 g/mol. The van der Waals surface area contributed by atoms with Gasteiger partial charge in [0.1, 0.15) is 16.5 Å². The van der Waals surface area contributed by atoms with Gasteiger partial charge in [0.15, 0.2) is 0 Å². The zero-order valence-electron chi connectivity index (χ0n) is 10.2. The minimum atomic E-state index is -0.105. The summed E-state index contributed by atoms with van der Waals surface area (Å²) < 4.78 is 7.10. The quantitative estimate of drug-likeness (QED) is 0.875. The third kappa shape index (κ3) is 2.31. The van der Waals surface area contributed by atoms with Gasteiger partial charge in [0.25, 0.3) is 5.56 Å². The molecule has 0 N–H and O–H groups in total. The van der Waals surface area contributed by atoms with Crippen molar-refractivity contribution in [3.8, 4) is 11.4 Å². The summed E-state index contributed by atoms with van der Waals surface area (Å²) >= 11 is 3.30. The van der Waals surface area contributed by atoms with Gasteiger partial charge in [0.05, 0.1) is 18.5 Å². The summed E-state index contributed by atoms with van der Waals surface area (Å²) in [5.74, 6) is 0.754. The highest BCUT2D eigenvalue weighted by molar-refractivity contribution is 9.10. The topological polar surface area (TPSA) is 44.1 Å². The maximum atomic E-state index is 12.1. The van der Waals surface area contributed by atoms with Gasteiger partial charge in [-0.25, -0.2) is 4.98 Å². The van der Waals surface area contributed by atoms with Crippen molar-refractivity contribution in [1.82, 2.24) is 9.55 Å². The molecule has 0 amide bonds. The van der Waals surface area contributed by atoms with Crippen molar-refractivity contribution >= 4 is 15.9 Å². The molecule has 0 atom stereocenters. The summed E-state index contributed by atoms with van der Waals surface area (Å²) in [5, 5.41) is 0. The van der Waals surface area contributed by atoms with Crippen molar-refractivity contribution in [2.45, 2.75) is 13.3 Å². The lowest BCUT2D eigenvalue weighted by Crippen LogP contribution is -2.21. The molecular weight excluding hydrogens is 296 g/mol. The number of hydrogen-bond acceptors (Lipinski definition) is 3. The number of ether oxygens (including phenoxy) is 1. The van der Waals surface area contributed by atoms with E-state index in [1.807, 2.05) is 31.2 Å². The first-order valence-corrected chi connectivity index (χ1v) is 6.37. The SMILES string of the molecule is CCc1ncn(-c2ccc(OC)cc2)c(=O)c1Br. The van der Waals surface area contributed by atoms with Crippen LogP contribution in [-0.2, 0) is 6.42 Å². The van der Waals surface area contributed by atoms with Crippen molar-refractivity contribution < 1.29 is 4.74 Å². The number of aryl methyl sites for hydroxylation is 1. The standard InChI is InChI=1S/C13H13BrN2O2/c1-3-11-12(14)13(17)16(8-15-11)9-4-6-10(18-2)7-5-9/h4-8H,3H2,1-2H3. The Bertz CT molecular complexity index is 605. The molecule has 0 aliphatic heterocycles. The Balaban J connectivity index is 2.51. The molecule has 94 valence electrons. The van der Waals surface area contributed by atoms with Crippen molar-refractivity contribution in [2.75, 3.05) is 7.11 Å². The maximum Gasteiger partial charge on any atom is 0.272 e. The molecule has 0 saturated heterocycles. The number of hydrogen-bond donors (Lipinski definition) is 0. The lowest BCUT2D eigenvalue weighted by Gasteiger charge is -2.08.